The molecule has 0 aromatic heterocycles. The van der Waals surface area contributed by atoms with Crippen LogP contribution in [0.25, 0.3) is 0 Å². The summed E-state index contributed by atoms with van der Waals surface area (Å²) in [4.78, 5) is 11.8. The highest BCUT2D eigenvalue weighted by atomic mass is 16.1. The van der Waals surface area contributed by atoms with Gasteiger partial charge in [-0.3, -0.25) is 4.79 Å². The van der Waals surface area contributed by atoms with Crippen LogP contribution in [-0.4, -0.2) is 11.8 Å². The van der Waals surface area contributed by atoms with Crippen LogP contribution in [0.15, 0.2) is 60.7 Å². The smallest absolute Gasteiger partial charge is 0.136 e. The summed E-state index contributed by atoms with van der Waals surface area (Å²) < 4.78 is 0. The summed E-state index contributed by atoms with van der Waals surface area (Å²) in [5.74, 6) is 1.33. The number of nitrogens with one attached hydrogen (secondary N) is 1. The van der Waals surface area contributed by atoms with E-state index in [2.05, 4.69) is 66.0 Å². The number of hydrogen-bond acceptors (Lipinski definition) is 2. The molecule has 0 heterocycles. The molecule has 0 amide bonds. The second-order valence-corrected chi connectivity index (χ2v) is 6.63. The molecular formula is C20H21NO. The summed E-state index contributed by atoms with van der Waals surface area (Å²) in [5.41, 5.74) is 2.59. The fraction of sp³-hybridized carbons (Fsp3) is 0.350. The lowest BCUT2D eigenvalue weighted by atomic mass is 9.91. The Labute approximate surface area is 131 Å². The van der Waals surface area contributed by atoms with E-state index in [1.807, 2.05) is 0 Å². The largest absolute Gasteiger partial charge is 0.303 e. The fourth-order valence-corrected chi connectivity index (χ4v) is 4.13. The maximum Gasteiger partial charge on any atom is 0.136 e. The lowest BCUT2D eigenvalue weighted by molar-refractivity contribution is -0.122. The Morgan fingerprint density at radius 2 is 1.45 bits per heavy atom. The van der Waals surface area contributed by atoms with Gasteiger partial charge in [-0.05, 0) is 29.9 Å². The molecule has 0 radical (unpaired) electrons. The lowest BCUT2D eigenvalue weighted by Crippen LogP contribution is -2.38. The standard InChI is InChI=1S/C20H21NO/c22-19-13-16-11-17(19)12-18(16)21-20(14-7-3-1-4-8-14)15-9-5-2-6-10-15/h1-10,16-18,20-21H,11-13H2/t16-,17-,18-/m0/s1. The lowest BCUT2D eigenvalue weighted by Gasteiger charge is -2.29. The van der Waals surface area contributed by atoms with Crippen molar-refractivity contribution >= 4 is 5.78 Å². The van der Waals surface area contributed by atoms with E-state index >= 15 is 0 Å². The van der Waals surface area contributed by atoms with E-state index in [9.17, 15) is 4.79 Å². The molecule has 0 saturated heterocycles. The number of hydrogen-bond donors (Lipinski definition) is 1. The van der Waals surface area contributed by atoms with E-state index in [0.29, 0.717) is 23.7 Å². The average Bonchev–Trinajstić information content (AvgIpc) is 3.13. The monoisotopic (exact) mass is 291 g/mol. The molecule has 2 aromatic carbocycles. The third kappa shape index (κ3) is 2.48. The average molecular weight is 291 g/mol. The van der Waals surface area contributed by atoms with E-state index in [4.69, 9.17) is 0 Å². The maximum atomic E-state index is 11.8. The first kappa shape index (κ1) is 13.7. The second kappa shape index (κ2) is 5.69. The van der Waals surface area contributed by atoms with E-state index in [-0.39, 0.29) is 6.04 Å². The van der Waals surface area contributed by atoms with Crippen molar-refractivity contribution in [1.82, 2.24) is 5.32 Å². The van der Waals surface area contributed by atoms with Crippen LogP contribution >= 0.6 is 0 Å². The van der Waals surface area contributed by atoms with Gasteiger partial charge in [0, 0.05) is 18.4 Å². The minimum atomic E-state index is 0.210. The first-order valence-electron chi connectivity index (χ1n) is 8.20. The molecule has 2 aliphatic rings. The highest BCUT2D eigenvalue weighted by molar-refractivity contribution is 5.84. The van der Waals surface area contributed by atoms with Gasteiger partial charge in [0.15, 0.2) is 0 Å². The van der Waals surface area contributed by atoms with Gasteiger partial charge in [0.2, 0.25) is 0 Å². The molecule has 2 aromatic rings. The van der Waals surface area contributed by atoms with Crippen LogP contribution < -0.4 is 5.32 Å². The zero-order valence-corrected chi connectivity index (χ0v) is 12.6. The zero-order valence-electron chi connectivity index (χ0n) is 12.6. The Bertz CT molecular complexity index is 612. The molecule has 112 valence electrons. The number of Topliss-reactive ketones (excluding diaryl/α,β-unsaturated/α-hetero) is 1. The van der Waals surface area contributed by atoms with Crippen LogP contribution in [0.3, 0.4) is 0 Å². The molecule has 2 aliphatic carbocycles. The Hall–Kier alpha value is -1.93. The summed E-state index contributed by atoms with van der Waals surface area (Å²) in [7, 11) is 0. The number of fused-ring (bicyclic) bond motifs is 2. The molecular weight excluding hydrogens is 270 g/mol. The third-order valence-electron chi connectivity index (χ3n) is 5.26. The van der Waals surface area contributed by atoms with Crippen molar-refractivity contribution in [3.8, 4) is 0 Å². The maximum absolute atomic E-state index is 11.8. The van der Waals surface area contributed by atoms with Gasteiger partial charge in [0.05, 0.1) is 6.04 Å². The van der Waals surface area contributed by atoms with Crippen molar-refractivity contribution in [1.29, 1.82) is 0 Å². The van der Waals surface area contributed by atoms with E-state index in [0.717, 1.165) is 19.3 Å². The molecule has 2 heteroatoms. The first-order valence-corrected chi connectivity index (χ1v) is 8.20. The number of benzene rings is 2. The number of rotatable bonds is 4. The van der Waals surface area contributed by atoms with Crippen LogP contribution in [0, 0.1) is 11.8 Å². The fourth-order valence-electron chi connectivity index (χ4n) is 4.13. The summed E-state index contributed by atoms with van der Waals surface area (Å²) in [5, 5.41) is 3.85. The third-order valence-corrected chi connectivity index (χ3v) is 5.26. The van der Waals surface area contributed by atoms with Crippen molar-refractivity contribution < 1.29 is 4.79 Å². The highest BCUT2D eigenvalue weighted by Gasteiger charge is 2.45. The van der Waals surface area contributed by atoms with Gasteiger partial charge in [0.1, 0.15) is 5.78 Å². The molecule has 2 saturated carbocycles. The van der Waals surface area contributed by atoms with Crippen molar-refractivity contribution in [2.45, 2.75) is 31.3 Å². The van der Waals surface area contributed by atoms with Crippen LogP contribution in [0.1, 0.15) is 36.4 Å². The van der Waals surface area contributed by atoms with Crippen molar-refractivity contribution in [2.24, 2.45) is 11.8 Å². The molecule has 0 unspecified atom stereocenters. The Balaban J connectivity index is 1.60. The van der Waals surface area contributed by atoms with Gasteiger partial charge in [0.25, 0.3) is 0 Å². The first-order chi connectivity index (χ1) is 10.8. The van der Waals surface area contributed by atoms with Gasteiger partial charge in [-0.25, -0.2) is 0 Å². The van der Waals surface area contributed by atoms with E-state index in [1.54, 1.807) is 0 Å². The summed E-state index contributed by atoms with van der Waals surface area (Å²) in [6.45, 7) is 0. The van der Waals surface area contributed by atoms with Gasteiger partial charge < -0.3 is 5.32 Å². The normalized spacial score (nSPS) is 26.8. The second-order valence-electron chi connectivity index (χ2n) is 6.63. The predicted octanol–water partition coefficient (Wildman–Crippen LogP) is 3.73. The van der Waals surface area contributed by atoms with Gasteiger partial charge in [-0.1, -0.05) is 60.7 Å². The summed E-state index contributed by atoms with van der Waals surface area (Å²) in [6, 6.07) is 21.9. The Kier molecular flexibility index (Phi) is 3.55. The number of ketones is 1. The molecule has 2 bridgehead atoms. The van der Waals surface area contributed by atoms with Gasteiger partial charge in [-0.2, -0.15) is 0 Å². The highest BCUT2D eigenvalue weighted by Crippen LogP contribution is 2.43. The Morgan fingerprint density at radius 1 is 0.864 bits per heavy atom. The quantitative estimate of drug-likeness (QED) is 0.930. The molecule has 0 aliphatic heterocycles. The van der Waals surface area contributed by atoms with Crippen LogP contribution in [0.5, 0.6) is 0 Å². The molecule has 1 N–H and O–H groups in total. The molecule has 3 atom stereocenters. The minimum absolute atomic E-state index is 0.210. The Morgan fingerprint density at radius 3 is 1.91 bits per heavy atom. The van der Waals surface area contributed by atoms with Crippen LogP contribution in [0.2, 0.25) is 0 Å². The van der Waals surface area contributed by atoms with Crippen molar-refractivity contribution in [2.75, 3.05) is 0 Å². The molecule has 4 rings (SSSR count). The number of carbonyl (C=O) groups excluding carboxylic acids is 1. The van der Waals surface area contributed by atoms with Crippen LogP contribution in [0.4, 0.5) is 0 Å². The van der Waals surface area contributed by atoms with E-state index < -0.39 is 0 Å². The minimum Gasteiger partial charge on any atom is -0.303 e. The van der Waals surface area contributed by atoms with Crippen molar-refractivity contribution in [3.05, 3.63) is 71.8 Å². The molecule has 0 spiro atoms. The molecule has 2 fully saturated rings. The molecule has 2 nitrogen and oxygen atoms in total. The van der Waals surface area contributed by atoms with Gasteiger partial charge >= 0.3 is 0 Å². The zero-order chi connectivity index (χ0) is 14.9. The molecule has 22 heavy (non-hydrogen) atoms. The SMILES string of the molecule is O=C1C[C@@H]2C[C@H]1C[C@@H]2NC(c1ccccc1)c1ccccc1. The van der Waals surface area contributed by atoms with Crippen molar-refractivity contribution in [3.63, 3.8) is 0 Å². The summed E-state index contributed by atoms with van der Waals surface area (Å²) in [6.07, 6.45) is 2.88. The number of carbonyl (C=O) groups is 1. The van der Waals surface area contributed by atoms with Crippen LogP contribution in [-0.2, 0) is 4.79 Å². The van der Waals surface area contributed by atoms with E-state index in [1.165, 1.54) is 11.1 Å². The topological polar surface area (TPSA) is 29.1 Å². The van der Waals surface area contributed by atoms with Gasteiger partial charge in [-0.15, -0.1) is 0 Å². The summed E-state index contributed by atoms with van der Waals surface area (Å²) >= 11 is 0. The predicted molar refractivity (Wildman–Crippen MR) is 87.5 cm³/mol.